The van der Waals surface area contributed by atoms with Gasteiger partial charge in [-0.05, 0) is 56.2 Å². The van der Waals surface area contributed by atoms with Crippen molar-refractivity contribution >= 4 is 33.5 Å². The molecule has 0 aromatic heterocycles. The number of rotatable bonds is 5. The third kappa shape index (κ3) is 4.33. The molecule has 0 unspecified atom stereocenters. The summed E-state index contributed by atoms with van der Waals surface area (Å²) in [6, 6.07) is 14.9. The van der Waals surface area contributed by atoms with Crippen LogP contribution in [-0.2, 0) is 14.3 Å². The smallest absolute Gasteiger partial charge is 0.313 e. The van der Waals surface area contributed by atoms with Crippen LogP contribution in [0.15, 0.2) is 53.0 Å². The molecule has 0 N–H and O–H groups in total. The maximum atomic E-state index is 13.0. The Kier molecular flexibility index (Phi) is 6.16. The molecule has 0 spiro atoms. The van der Waals surface area contributed by atoms with E-state index in [0.29, 0.717) is 25.3 Å². The lowest BCUT2D eigenvalue weighted by Gasteiger charge is -2.34. The van der Waals surface area contributed by atoms with E-state index in [1.54, 1.807) is 18.7 Å². The molecule has 5 nitrogen and oxygen atoms in total. The van der Waals surface area contributed by atoms with Gasteiger partial charge in [-0.1, -0.05) is 34.1 Å². The molecule has 1 aliphatic rings. The van der Waals surface area contributed by atoms with E-state index in [0.717, 1.165) is 15.7 Å². The number of hydrogen-bond donors (Lipinski definition) is 0. The van der Waals surface area contributed by atoms with Gasteiger partial charge < -0.3 is 14.4 Å². The van der Waals surface area contributed by atoms with Crippen molar-refractivity contribution < 1.29 is 19.1 Å². The average molecular weight is 432 g/mol. The molecule has 27 heavy (non-hydrogen) atoms. The average Bonchev–Trinajstić information content (AvgIpc) is 2.68. The summed E-state index contributed by atoms with van der Waals surface area (Å²) in [5, 5.41) is 0. The molecule has 1 heterocycles. The minimum atomic E-state index is -0.640. The number of fused-ring (bicyclic) bond motifs is 1. The first-order chi connectivity index (χ1) is 13.0. The summed E-state index contributed by atoms with van der Waals surface area (Å²) in [5.41, 5.74) is 1.57. The molecule has 0 radical (unpaired) electrons. The number of anilines is 1. The normalized spacial score (nSPS) is 17.0. The van der Waals surface area contributed by atoms with Gasteiger partial charge in [0.1, 0.15) is 5.75 Å². The second-order valence-electron chi connectivity index (χ2n) is 6.36. The lowest BCUT2D eigenvalue weighted by atomic mass is 9.89. The van der Waals surface area contributed by atoms with Crippen LogP contribution >= 0.6 is 15.9 Å². The van der Waals surface area contributed by atoms with Crippen molar-refractivity contribution in [1.82, 2.24) is 0 Å². The fourth-order valence-corrected chi connectivity index (χ4v) is 3.53. The summed E-state index contributed by atoms with van der Waals surface area (Å²) in [5.74, 6) is -0.0782. The number of ether oxygens (including phenoxy) is 2. The molecule has 0 saturated carbocycles. The molecule has 2 atom stereocenters. The van der Waals surface area contributed by atoms with Crippen molar-refractivity contribution in [3.05, 3.63) is 58.6 Å². The molecule has 2 aromatic rings. The monoisotopic (exact) mass is 431 g/mol. The maximum absolute atomic E-state index is 13.0. The van der Waals surface area contributed by atoms with Gasteiger partial charge in [-0.25, -0.2) is 0 Å². The zero-order valence-electron chi connectivity index (χ0n) is 15.4. The molecule has 2 aromatic carbocycles. The van der Waals surface area contributed by atoms with Gasteiger partial charge in [0, 0.05) is 16.7 Å². The summed E-state index contributed by atoms with van der Waals surface area (Å²) in [4.78, 5) is 27.0. The Morgan fingerprint density at radius 1 is 1.19 bits per heavy atom. The first-order valence-electron chi connectivity index (χ1n) is 9.00. The van der Waals surface area contributed by atoms with E-state index < -0.39 is 6.10 Å². The van der Waals surface area contributed by atoms with Crippen molar-refractivity contribution in [3.8, 4) is 5.75 Å². The van der Waals surface area contributed by atoms with Crippen molar-refractivity contribution in [2.24, 2.45) is 0 Å². The van der Waals surface area contributed by atoms with Crippen LogP contribution < -0.4 is 9.64 Å². The topological polar surface area (TPSA) is 55.8 Å². The van der Waals surface area contributed by atoms with E-state index in [4.69, 9.17) is 9.47 Å². The van der Waals surface area contributed by atoms with Gasteiger partial charge in [0.15, 0.2) is 6.10 Å². The number of para-hydroxylation sites is 1. The highest BCUT2D eigenvalue weighted by molar-refractivity contribution is 9.10. The minimum Gasteiger partial charge on any atom is -0.481 e. The second-order valence-corrected chi connectivity index (χ2v) is 7.27. The fourth-order valence-electron chi connectivity index (χ4n) is 3.27. The third-order valence-corrected chi connectivity index (χ3v) is 5.08. The quantitative estimate of drug-likeness (QED) is 0.662. The standard InChI is InChI=1S/C21H22BrNO4/c1-3-26-21(25)18-12-13-23(19-7-5-4-6-17(18)19)20(24)14(2)27-16-10-8-15(22)9-11-16/h4-11,14,18H,3,12-13H2,1-2H3/t14-,18+/m0/s1. The van der Waals surface area contributed by atoms with Gasteiger partial charge in [-0.2, -0.15) is 0 Å². The van der Waals surface area contributed by atoms with Crippen LogP contribution in [0.1, 0.15) is 31.7 Å². The minimum absolute atomic E-state index is 0.132. The van der Waals surface area contributed by atoms with Crippen LogP contribution in [0, 0.1) is 0 Å². The number of benzene rings is 2. The highest BCUT2D eigenvalue weighted by Gasteiger charge is 2.35. The molecular formula is C21H22BrNO4. The largest absolute Gasteiger partial charge is 0.481 e. The number of esters is 1. The number of nitrogens with zero attached hydrogens (tertiary/aromatic N) is 1. The van der Waals surface area contributed by atoms with Gasteiger partial charge in [0.2, 0.25) is 0 Å². The van der Waals surface area contributed by atoms with E-state index >= 15 is 0 Å². The van der Waals surface area contributed by atoms with Crippen molar-refractivity contribution in [3.63, 3.8) is 0 Å². The van der Waals surface area contributed by atoms with Crippen LogP contribution in [0.2, 0.25) is 0 Å². The maximum Gasteiger partial charge on any atom is 0.313 e. The Morgan fingerprint density at radius 3 is 2.59 bits per heavy atom. The Bertz CT molecular complexity index is 821. The SMILES string of the molecule is CCOC(=O)[C@@H]1CCN(C(=O)[C@H](C)Oc2ccc(Br)cc2)c2ccccc21. The first kappa shape index (κ1) is 19.4. The molecule has 0 saturated heterocycles. The van der Waals surface area contributed by atoms with Crippen molar-refractivity contribution in [1.29, 1.82) is 0 Å². The zero-order valence-corrected chi connectivity index (χ0v) is 16.9. The lowest BCUT2D eigenvalue weighted by Crippen LogP contribution is -2.44. The molecule has 1 aliphatic heterocycles. The fraction of sp³-hybridized carbons (Fsp3) is 0.333. The summed E-state index contributed by atoms with van der Waals surface area (Å²) in [6.07, 6.45) is -0.106. The van der Waals surface area contributed by atoms with Crippen LogP contribution in [0.3, 0.4) is 0 Å². The molecule has 1 amide bonds. The summed E-state index contributed by atoms with van der Waals surface area (Å²) in [7, 11) is 0. The predicted molar refractivity (Wildman–Crippen MR) is 107 cm³/mol. The first-order valence-corrected chi connectivity index (χ1v) is 9.79. The van der Waals surface area contributed by atoms with Gasteiger partial charge in [0.05, 0.1) is 12.5 Å². The highest BCUT2D eigenvalue weighted by Crippen LogP contribution is 2.36. The van der Waals surface area contributed by atoms with Gasteiger partial charge in [-0.15, -0.1) is 0 Å². The van der Waals surface area contributed by atoms with E-state index in [1.165, 1.54) is 0 Å². The van der Waals surface area contributed by atoms with Crippen molar-refractivity contribution in [2.45, 2.75) is 32.3 Å². The molecular weight excluding hydrogens is 410 g/mol. The Hall–Kier alpha value is -2.34. The van der Waals surface area contributed by atoms with Crippen LogP contribution in [0.25, 0.3) is 0 Å². The Labute approximate surface area is 167 Å². The molecule has 0 aliphatic carbocycles. The Balaban J connectivity index is 1.79. The van der Waals surface area contributed by atoms with Crippen LogP contribution in [-0.4, -0.2) is 31.1 Å². The van der Waals surface area contributed by atoms with E-state index in [9.17, 15) is 9.59 Å². The number of carbonyl (C=O) groups excluding carboxylic acids is 2. The zero-order chi connectivity index (χ0) is 19.4. The van der Waals surface area contributed by atoms with Gasteiger partial charge in [0.25, 0.3) is 5.91 Å². The van der Waals surface area contributed by atoms with E-state index in [1.807, 2.05) is 48.5 Å². The number of amides is 1. The second kappa shape index (κ2) is 8.57. The van der Waals surface area contributed by atoms with E-state index in [2.05, 4.69) is 15.9 Å². The van der Waals surface area contributed by atoms with Gasteiger partial charge >= 0.3 is 5.97 Å². The molecule has 142 valence electrons. The molecule has 3 rings (SSSR count). The predicted octanol–water partition coefficient (Wildman–Crippen LogP) is 4.30. The molecule has 0 fully saturated rings. The summed E-state index contributed by atoms with van der Waals surface area (Å²) < 4.78 is 12.0. The van der Waals surface area contributed by atoms with Crippen LogP contribution in [0.5, 0.6) is 5.75 Å². The Morgan fingerprint density at radius 2 is 1.89 bits per heavy atom. The van der Waals surface area contributed by atoms with Crippen LogP contribution in [0.4, 0.5) is 5.69 Å². The number of carbonyl (C=O) groups is 2. The highest BCUT2D eigenvalue weighted by atomic mass is 79.9. The molecule has 6 heteroatoms. The lowest BCUT2D eigenvalue weighted by molar-refractivity contribution is -0.145. The number of hydrogen-bond acceptors (Lipinski definition) is 4. The van der Waals surface area contributed by atoms with Gasteiger partial charge in [-0.3, -0.25) is 9.59 Å². The summed E-state index contributed by atoms with van der Waals surface area (Å²) in [6.45, 7) is 4.33. The summed E-state index contributed by atoms with van der Waals surface area (Å²) >= 11 is 3.38. The molecule has 0 bridgehead atoms. The third-order valence-electron chi connectivity index (χ3n) is 4.56. The number of halogens is 1. The van der Waals surface area contributed by atoms with E-state index in [-0.39, 0.29) is 17.8 Å². The van der Waals surface area contributed by atoms with Crippen molar-refractivity contribution in [2.75, 3.05) is 18.1 Å².